The lowest BCUT2D eigenvalue weighted by Gasteiger charge is -2.29. The molecule has 102 valence electrons. The molecular formula is C13H27NO3. The Labute approximate surface area is 105 Å². The van der Waals surface area contributed by atoms with Gasteiger partial charge in [-0.2, -0.15) is 0 Å². The Morgan fingerprint density at radius 1 is 1.29 bits per heavy atom. The summed E-state index contributed by atoms with van der Waals surface area (Å²) in [5.74, 6) is -0.816. The van der Waals surface area contributed by atoms with E-state index in [0.29, 0.717) is 19.6 Å². The van der Waals surface area contributed by atoms with Gasteiger partial charge in [0, 0.05) is 6.61 Å². The molecule has 1 atom stereocenters. The van der Waals surface area contributed by atoms with Gasteiger partial charge in [0.15, 0.2) is 0 Å². The Balaban J connectivity index is 4.23. The number of hydrogen-bond acceptors (Lipinski definition) is 3. The van der Waals surface area contributed by atoms with Crippen LogP contribution in [0.2, 0.25) is 0 Å². The Morgan fingerprint density at radius 2 is 1.88 bits per heavy atom. The van der Waals surface area contributed by atoms with Crippen LogP contribution in [0.15, 0.2) is 0 Å². The second-order valence-corrected chi connectivity index (χ2v) is 5.28. The van der Waals surface area contributed by atoms with Crippen molar-refractivity contribution < 1.29 is 14.6 Å². The maximum Gasteiger partial charge on any atom is 0.323 e. The largest absolute Gasteiger partial charge is 0.480 e. The fourth-order valence-corrected chi connectivity index (χ4v) is 1.31. The maximum atomic E-state index is 11.2. The molecule has 0 aliphatic carbocycles. The molecule has 0 aliphatic heterocycles. The van der Waals surface area contributed by atoms with E-state index in [4.69, 9.17) is 4.74 Å². The first kappa shape index (κ1) is 16.4. The van der Waals surface area contributed by atoms with E-state index in [1.165, 1.54) is 0 Å². The van der Waals surface area contributed by atoms with E-state index >= 15 is 0 Å². The monoisotopic (exact) mass is 245 g/mol. The van der Waals surface area contributed by atoms with Crippen molar-refractivity contribution in [3.05, 3.63) is 0 Å². The average Bonchev–Trinajstić information content (AvgIpc) is 2.26. The molecular weight excluding hydrogens is 218 g/mol. The molecule has 0 saturated carbocycles. The van der Waals surface area contributed by atoms with Crippen LogP contribution < -0.4 is 5.32 Å². The molecule has 0 aliphatic rings. The topological polar surface area (TPSA) is 58.6 Å². The summed E-state index contributed by atoms with van der Waals surface area (Å²) >= 11 is 0. The van der Waals surface area contributed by atoms with Crippen molar-refractivity contribution in [2.45, 2.75) is 65.0 Å². The van der Waals surface area contributed by atoms with Gasteiger partial charge in [-0.3, -0.25) is 4.79 Å². The van der Waals surface area contributed by atoms with Crippen molar-refractivity contribution >= 4 is 5.97 Å². The van der Waals surface area contributed by atoms with E-state index in [0.717, 1.165) is 12.8 Å². The Kier molecular flexibility index (Phi) is 6.72. The average molecular weight is 245 g/mol. The van der Waals surface area contributed by atoms with Crippen LogP contribution in [-0.2, 0) is 9.53 Å². The van der Waals surface area contributed by atoms with Crippen LogP contribution in [0.5, 0.6) is 0 Å². The van der Waals surface area contributed by atoms with Crippen LogP contribution in [0.1, 0.15) is 53.9 Å². The number of hydrogen-bond donors (Lipinski definition) is 2. The van der Waals surface area contributed by atoms with Crippen LogP contribution >= 0.6 is 0 Å². The molecule has 0 aromatic carbocycles. The summed E-state index contributed by atoms with van der Waals surface area (Å²) in [5, 5.41) is 12.3. The smallest absolute Gasteiger partial charge is 0.323 e. The standard InChI is InChI=1S/C13H27NO3/c1-6-9-14-13(5,11(15)16)8-10-17-12(3,4)7-2/h14H,6-10H2,1-5H3,(H,15,16). The van der Waals surface area contributed by atoms with Crippen molar-refractivity contribution in [2.75, 3.05) is 13.2 Å². The first-order valence-electron chi connectivity index (χ1n) is 6.40. The van der Waals surface area contributed by atoms with Gasteiger partial charge in [-0.15, -0.1) is 0 Å². The highest BCUT2D eigenvalue weighted by Crippen LogP contribution is 2.17. The molecule has 0 fully saturated rings. The molecule has 1 unspecified atom stereocenters. The number of carboxylic acids is 1. The zero-order valence-electron chi connectivity index (χ0n) is 11.8. The van der Waals surface area contributed by atoms with Crippen molar-refractivity contribution in [1.29, 1.82) is 0 Å². The molecule has 0 heterocycles. The second-order valence-electron chi connectivity index (χ2n) is 5.28. The molecule has 0 bridgehead atoms. The minimum absolute atomic E-state index is 0.176. The summed E-state index contributed by atoms with van der Waals surface area (Å²) < 4.78 is 5.70. The van der Waals surface area contributed by atoms with Crippen LogP contribution in [0.4, 0.5) is 0 Å². The lowest BCUT2D eigenvalue weighted by Crippen LogP contribution is -2.50. The number of rotatable bonds is 9. The van der Waals surface area contributed by atoms with Crippen LogP contribution in [0.3, 0.4) is 0 Å². The number of carbonyl (C=O) groups is 1. The van der Waals surface area contributed by atoms with Crippen LogP contribution in [0.25, 0.3) is 0 Å². The first-order chi connectivity index (χ1) is 7.77. The summed E-state index contributed by atoms with van der Waals surface area (Å²) in [7, 11) is 0. The maximum absolute atomic E-state index is 11.2. The molecule has 0 saturated heterocycles. The van der Waals surface area contributed by atoms with Gasteiger partial charge in [0.1, 0.15) is 5.54 Å². The van der Waals surface area contributed by atoms with Gasteiger partial charge in [0.05, 0.1) is 5.60 Å². The Bertz CT molecular complexity index is 241. The fraction of sp³-hybridized carbons (Fsp3) is 0.923. The highest BCUT2D eigenvalue weighted by molar-refractivity contribution is 5.78. The van der Waals surface area contributed by atoms with E-state index in [1.807, 2.05) is 20.8 Å². The van der Waals surface area contributed by atoms with Gasteiger partial charge in [0.25, 0.3) is 0 Å². The Morgan fingerprint density at radius 3 is 2.29 bits per heavy atom. The molecule has 4 nitrogen and oxygen atoms in total. The summed E-state index contributed by atoms with van der Waals surface area (Å²) in [6.45, 7) is 11.0. The predicted octanol–water partition coefficient (Wildman–Crippen LogP) is 2.42. The molecule has 4 heteroatoms. The summed E-state index contributed by atoms with van der Waals surface area (Å²) in [6, 6.07) is 0. The third-order valence-corrected chi connectivity index (χ3v) is 3.18. The normalized spacial score (nSPS) is 15.6. The number of nitrogens with one attached hydrogen (secondary N) is 1. The van der Waals surface area contributed by atoms with E-state index in [9.17, 15) is 9.90 Å². The third-order valence-electron chi connectivity index (χ3n) is 3.18. The summed E-state index contributed by atoms with van der Waals surface area (Å²) in [5.41, 5.74) is -1.07. The zero-order valence-corrected chi connectivity index (χ0v) is 11.8. The van der Waals surface area contributed by atoms with Gasteiger partial charge in [-0.1, -0.05) is 13.8 Å². The van der Waals surface area contributed by atoms with Crippen LogP contribution in [0, 0.1) is 0 Å². The SMILES string of the molecule is CCCNC(C)(CCOC(C)(C)CC)C(=O)O. The molecule has 0 amide bonds. The Hall–Kier alpha value is -0.610. The van der Waals surface area contributed by atoms with Gasteiger partial charge in [0.2, 0.25) is 0 Å². The lowest BCUT2D eigenvalue weighted by molar-refractivity contribution is -0.145. The van der Waals surface area contributed by atoms with Gasteiger partial charge < -0.3 is 15.2 Å². The molecule has 0 spiro atoms. The molecule has 0 aromatic heterocycles. The minimum atomic E-state index is -0.889. The highest BCUT2D eigenvalue weighted by atomic mass is 16.5. The third kappa shape index (κ3) is 6.03. The van der Waals surface area contributed by atoms with Gasteiger partial charge in [-0.05, 0) is 46.6 Å². The number of ether oxygens (including phenoxy) is 1. The quantitative estimate of drug-likeness (QED) is 0.655. The van der Waals surface area contributed by atoms with E-state index in [-0.39, 0.29) is 5.60 Å². The second kappa shape index (κ2) is 6.97. The van der Waals surface area contributed by atoms with E-state index in [1.54, 1.807) is 6.92 Å². The molecule has 0 radical (unpaired) electrons. The molecule has 0 aromatic rings. The van der Waals surface area contributed by atoms with E-state index in [2.05, 4.69) is 12.2 Å². The summed E-state index contributed by atoms with van der Waals surface area (Å²) in [6.07, 6.45) is 2.31. The van der Waals surface area contributed by atoms with Crippen molar-refractivity contribution in [3.8, 4) is 0 Å². The van der Waals surface area contributed by atoms with Crippen molar-refractivity contribution in [3.63, 3.8) is 0 Å². The van der Waals surface area contributed by atoms with E-state index < -0.39 is 11.5 Å². The molecule has 0 rings (SSSR count). The number of carboxylic acid groups (broad SMARTS) is 1. The van der Waals surface area contributed by atoms with Gasteiger partial charge >= 0.3 is 5.97 Å². The van der Waals surface area contributed by atoms with Gasteiger partial charge in [-0.25, -0.2) is 0 Å². The highest BCUT2D eigenvalue weighted by Gasteiger charge is 2.32. The fourth-order valence-electron chi connectivity index (χ4n) is 1.31. The zero-order chi connectivity index (χ0) is 13.5. The molecule has 17 heavy (non-hydrogen) atoms. The number of aliphatic carboxylic acids is 1. The predicted molar refractivity (Wildman–Crippen MR) is 69.3 cm³/mol. The molecule has 2 N–H and O–H groups in total. The van der Waals surface area contributed by atoms with Crippen LogP contribution in [-0.4, -0.2) is 35.4 Å². The lowest BCUT2D eigenvalue weighted by atomic mass is 9.98. The van der Waals surface area contributed by atoms with Crippen molar-refractivity contribution in [2.24, 2.45) is 0 Å². The van der Waals surface area contributed by atoms with Crippen molar-refractivity contribution in [1.82, 2.24) is 5.32 Å². The minimum Gasteiger partial charge on any atom is -0.480 e. The summed E-state index contributed by atoms with van der Waals surface area (Å²) in [4.78, 5) is 11.2. The first-order valence-corrected chi connectivity index (χ1v) is 6.40.